The second-order valence-corrected chi connectivity index (χ2v) is 10.1. The van der Waals surface area contributed by atoms with Crippen molar-refractivity contribution in [2.24, 2.45) is 5.41 Å². The largest absolute Gasteiger partial charge is 0.508 e. The molecule has 3 rings (SSSR count). The normalized spacial score (nSPS) is 18.2. The molecule has 4 heteroatoms. The number of ether oxygens (including phenoxy) is 1. The molecule has 0 bridgehead atoms. The summed E-state index contributed by atoms with van der Waals surface area (Å²) >= 11 is 0. The van der Waals surface area contributed by atoms with Crippen molar-refractivity contribution in [2.75, 3.05) is 0 Å². The number of unbranched alkanes of at least 4 members (excludes halogenated alkanes) is 6. The summed E-state index contributed by atoms with van der Waals surface area (Å²) in [6.07, 6.45) is 17.8. The van der Waals surface area contributed by atoms with Gasteiger partial charge < -0.3 is 14.9 Å². The first-order chi connectivity index (χ1) is 14.5. The zero-order chi connectivity index (χ0) is 21.5. The van der Waals surface area contributed by atoms with Crippen LogP contribution in [0, 0.1) is 5.41 Å². The van der Waals surface area contributed by atoms with E-state index in [1.807, 2.05) is 6.07 Å². The van der Waals surface area contributed by atoms with E-state index in [0.29, 0.717) is 29.6 Å². The number of aromatic hydroxyl groups is 2. The number of rotatable bonds is 16. The first kappa shape index (κ1) is 23.0. The number of carbonyl (C=O) groups excluding carboxylic acids is 1. The van der Waals surface area contributed by atoms with Gasteiger partial charge in [-0.15, -0.1) is 0 Å². The van der Waals surface area contributed by atoms with Gasteiger partial charge >= 0.3 is 0 Å². The highest BCUT2D eigenvalue weighted by molar-refractivity contribution is 5.48. The van der Waals surface area contributed by atoms with Gasteiger partial charge in [-0.2, -0.15) is 0 Å². The average Bonchev–Trinajstić information content (AvgIpc) is 3.64. The molecule has 2 N–H and O–H groups in total. The van der Waals surface area contributed by atoms with Gasteiger partial charge in [0.2, 0.25) is 0 Å². The van der Waals surface area contributed by atoms with Gasteiger partial charge in [0, 0.05) is 5.56 Å². The van der Waals surface area contributed by atoms with Gasteiger partial charge in [0.25, 0.3) is 6.47 Å². The first-order valence-corrected chi connectivity index (χ1v) is 12.1. The minimum absolute atomic E-state index is 0.150. The molecule has 0 radical (unpaired) electrons. The number of phenols is 2. The molecule has 0 amide bonds. The SMILES string of the molecule is CC1(CCCCCCc2ccc(O)c(CCCCCCC3(OC=O)CC3)c2O)CC1. The first-order valence-electron chi connectivity index (χ1n) is 12.1. The molecular weight excluding hydrogens is 376 g/mol. The molecule has 0 unspecified atom stereocenters. The lowest BCUT2D eigenvalue weighted by atomic mass is 9.96. The van der Waals surface area contributed by atoms with Gasteiger partial charge in [0.15, 0.2) is 0 Å². The molecule has 2 fully saturated rings. The molecule has 0 spiro atoms. The van der Waals surface area contributed by atoms with Crippen molar-refractivity contribution in [1.82, 2.24) is 0 Å². The highest BCUT2D eigenvalue weighted by Crippen LogP contribution is 2.49. The summed E-state index contributed by atoms with van der Waals surface area (Å²) in [6, 6.07) is 3.62. The zero-order valence-corrected chi connectivity index (χ0v) is 18.8. The Bertz CT molecular complexity index is 689. The van der Waals surface area contributed by atoms with Crippen molar-refractivity contribution < 1.29 is 19.7 Å². The second kappa shape index (κ2) is 10.5. The lowest BCUT2D eigenvalue weighted by Gasteiger charge is -2.13. The van der Waals surface area contributed by atoms with Crippen LogP contribution < -0.4 is 0 Å². The van der Waals surface area contributed by atoms with Gasteiger partial charge in [0.1, 0.15) is 17.1 Å². The summed E-state index contributed by atoms with van der Waals surface area (Å²) in [4.78, 5) is 10.5. The fourth-order valence-electron chi connectivity index (χ4n) is 4.58. The maximum Gasteiger partial charge on any atom is 0.293 e. The van der Waals surface area contributed by atoms with Gasteiger partial charge in [-0.05, 0) is 87.7 Å². The fourth-order valence-corrected chi connectivity index (χ4v) is 4.58. The molecule has 1 aromatic carbocycles. The van der Waals surface area contributed by atoms with Crippen molar-refractivity contribution >= 4 is 6.47 Å². The van der Waals surface area contributed by atoms with Crippen LogP contribution in [-0.2, 0) is 22.4 Å². The van der Waals surface area contributed by atoms with Gasteiger partial charge in [-0.3, -0.25) is 4.79 Å². The maximum absolute atomic E-state index is 10.7. The van der Waals surface area contributed by atoms with Crippen molar-refractivity contribution in [3.05, 3.63) is 23.3 Å². The number of hydrogen-bond acceptors (Lipinski definition) is 4. The highest BCUT2D eigenvalue weighted by Gasteiger charge is 2.44. The Labute approximate surface area is 182 Å². The van der Waals surface area contributed by atoms with Crippen molar-refractivity contribution in [1.29, 1.82) is 0 Å². The van der Waals surface area contributed by atoms with E-state index in [2.05, 4.69) is 6.92 Å². The Morgan fingerprint density at radius 2 is 1.50 bits per heavy atom. The molecule has 0 atom stereocenters. The summed E-state index contributed by atoms with van der Waals surface area (Å²) in [5, 5.41) is 20.9. The molecule has 168 valence electrons. The molecule has 1 aromatic rings. The minimum Gasteiger partial charge on any atom is -0.508 e. The molecule has 2 aliphatic carbocycles. The maximum atomic E-state index is 10.7. The molecule has 0 aromatic heterocycles. The third-order valence-electron chi connectivity index (χ3n) is 7.34. The van der Waals surface area contributed by atoms with Crippen LogP contribution in [0.5, 0.6) is 11.5 Å². The fraction of sp³-hybridized carbons (Fsp3) is 0.731. The van der Waals surface area contributed by atoms with E-state index < -0.39 is 0 Å². The Morgan fingerprint density at radius 1 is 0.867 bits per heavy atom. The van der Waals surface area contributed by atoms with E-state index in [0.717, 1.165) is 63.4 Å². The Balaban J connectivity index is 1.32. The average molecular weight is 417 g/mol. The van der Waals surface area contributed by atoms with Gasteiger partial charge in [-0.25, -0.2) is 0 Å². The van der Waals surface area contributed by atoms with Crippen LogP contribution in [0.4, 0.5) is 0 Å². The van der Waals surface area contributed by atoms with Crippen molar-refractivity contribution in [3.63, 3.8) is 0 Å². The summed E-state index contributed by atoms with van der Waals surface area (Å²) in [6.45, 7) is 2.98. The number of hydrogen-bond donors (Lipinski definition) is 2. The van der Waals surface area contributed by atoms with Crippen molar-refractivity contribution in [3.8, 4) is 11.5 Å². The third kappa shape index (κ3) is 6.92. The van der Waals surface area contributed by atoms with E-state index in [1.165, 1.54) is 38.5 Å². The second-order valence-electron chi connectivity index (χ2n) is 10.1. The van der Waals surface area contributed by atoms with E-state index in [9.17, 15) is 15.0 Å². The van der Waals surface area contributed by atoms with Crippen LogP contribution in [-0.4, -0.2) is 22.3 Å². The number of aryl methyl sites for hydroxylation is 1. The Hall–Kier alpha value is -1.71. The quantitative estimate of drug-likeness (QED) is 0.236. The molecular formula is C26H40O4. The third-order valence-corrected chi connectivity index (χ3v) is 7.34. The molecule has 2 saturated carbocycles. The predicted octanol–water partition coefficient (Wildman–Crippen LogP) is 6.59. The number of benzene rings is 1. The van der Waals surface area contributed by atoms with E-state index >= 15 is 0 Å². The lowest BCUT2D eigenvalue weighted by molar-refractivity contribution is -0.135. The van der Waals surface area contributed by atoms with Crippen LogP contribution in [0.25, 0.3) is 0 Å². The predicted molar refractivity (Wildman–Crippen MR) is 120 cm³/mol. The lowest BCUT2D eigenvalue weighted by Crippen LogP contribution is -2.12. The van der Waals surface area contributed by atoms with E-state index in [-0.39, 0.29) is 11.4 Å². The Morgan fingerprint density at radius 3 is 2.13 bits per heavy atom. The number of carbonyl (C=O) groups is 1. The monoisotopic (exact) mass is 416 g/mol. The molecule has 0 heterocycles. The standard InChI is InChI=1S/C26H40O4/c1-25(16-17-25)14-8-4-2-6-10-21-12-13-23(28)22(24(21)29)11-7-3-5-9-15-26(18-19-26)30-20-27/h12-13,20,28-29H,2-11,14-19H2,1H3. The topological polar surface area (TPSA) is 66.8 Å². The minimum atomic E-state index is -0.150. The summed E-state index contributed by atoms with van der Waals surface area (Å²) < 4.78 is 5.19. The van der Waals surface area contributed by atoms with Crippen LogP contribution in [0.2, 0.25) is 0 Å². The number of phenolic OH excluding ortho intramolecular Hbond substituents is 2. The zero-order valence-electron chi connectivity index (χ0n) is 18.8. The molecule has 0 aliphatic heterocycles. The molecule has 30 heavy (non-hydrogen) atoms. The highest BCUT2D eigenvalue weighted by atomic mass is 16.5. The van der Waals surface area contributed by atoms with E-state index in [4.69, 9.17) is 4.74 Å². The van der Waals surface area contributed by atoms with Gasteiger partial charge in [0.05, 0.1) is 0 Å². The molecule has 0 saturated heterocycles. The van der Waals surface area contributed by atoms with Crippen molar-refractivity contribution in [2.45, 2.75) is 115 Å². The smallest absolute Gasteiger partial charge is 0.293 e. The van der Waals surface area contributed by atoms with E-state index in [1.54, 1.807) is 6.07 Å². The molecule has 4 nitrogen and oxygen atoms in total. The summed E-state index contributed by atoms with van der Waals surface area (Å²) in [5.74, 6) is 0.516. The van der Waals surface area contributed by atoms with Gasteiger partial charge in [-0.1, -0.05) is 45.1 Å². The summed E-state index contributed by atoms with van der Waals surface area (Å²) in [5.41, 5.74) is 2.19. The Kier molecular flexibility index (Phi) is 8.07. The van der Waals surface area contributed by atoms with Crippen LogP contribution >= 0.6 is 0 Å². The molecule has 2 aliphatic rings. The van der Waals surface area contributed by atoms with Crippen LogP contribution in [0.15, 0.2) is 12.1 Å². The summed E-state index contributed by atoms with van der Waals surface area (Å²) in [7, 11) is 0. The van der Waals surface area contributed by atoms with Crippen LogP contribution in [0.3, 0.4) is 0 Å². The van der Waals surface area contributed by atoms with Crippen LogP contribution in [0.1, 0.15) is 108 Å².